The molecule has 4 rings (SSSR count). The number of fused-ring (bicyclic) bond motifs is 1. The number of aromatic nitrogens is 3. The number of para-hydroxylation sites is 1. The summed E-state index contributed by atoms with van der Waals surface area (Å²) in [6.07, 6.45) is 2.62. The summed E-state index contributed by atoms with van der Waals surface area (Å²) in [6, 6.07) is 14.9. The van der Waals surface area contributed by atoms with Gasteiger partial charge in [-0.1, -0.05) is 43.1 Å². The first-order valence-electron chi connectivity index (χ1n) is 11.3. The number of amides is 2. The molecule has 0 aliphatic rings. The van der Waals surface area contributed by atoms with E-state index >= 15 is 0 Å². The van der Waals surface area contributed by atoms with Crippen LogP contribution >= 0.6 is 11.6 Å². The van der Waals surface area contributed by atoms with Gasteiger partial charge in [0.05, 0.1) is 22.8 Å². The zero-order chi connectivity index (χ0) is 24.9. The van der Waals surface area contributed by atoms with Crippen LogP contribution in [0.15, 0.2) is 54.6 Å². The molecule has 0 saturated heterocycles. The Hall–Kier alpha value is -3.98. The lowest BCUT2D eigenvalue weighted by Crippen LogP contribution is -2.20. The zero-order valence-electron chi connectivity index (χ0n) is 19.4. The highest BCUT2D eigenvalue weighted by Crippen LogP contribution is 2.26. The minimum atomic E-state index is -0.415. The number of imidazole rings is 1. The predicted octanol–water partition coefficient (Wildman–Crippen LogP) is 6.34. The molecule has 0 atom stereocenters. The van der Waals surface area contributed by atoms with Crippen LogP contribution < -0.4 is 10.6 Å². The average Bonchev–Trinajstić information content (AvgIpc) is 3.15. The van der Waals surface area contributed by atoms with Crippen molar-refractivity contribution in [3.05, 3.63) is 86.8 Å². The Morgan fingerprint density at radius 1 is 1.11 bits per heavy atom. The molecule has 2 amide bonds. The maximum absolute atomic E-state index is 12.5. The maximum atomic E-state index is 12.5. The number of hydrogen-bond acceptors (Lipinski definition) is 5. The molecule has 0 unspecified atom stereocenters. The Bertz CT molecular complexity index is 1380. The number of halogens is 1. The highest BCUT2D eigenvalue weighted by atomic mass is 35.5. The van der Waals surface area contributed by atoms with Gasteiger partial charge in [-0.15, -0.1) is 0 Å². The fraction of sp³-hybridized carbons (Fsp3) is 0.240. The number of nitrogens with one attached hydrogen (secondary N) is 2. The molecule has 10 heteroatoms. The molecule has 2 aromatic carbocycles. The van der Waals surface area contributed by atoms with Crippen LogP contribution in [0.25, 0.3) is 11.2 Å². The van der Waals surface area contributed by atoms with E-state index in [1.165, 1.54) is 6.07 Å². The summed E-state index contributed by atoms with van der Waals surface area (Å²) < 4.78 is 1.93. The molecular formula is C25H25ClN6O3. The number of nitro benzene ring substituents is 1. The molecule has 2 N–H and O–H groups in total. The van der Waals surface area contributed by atoms with Crippen molar-refractivity contribution in [1.29, 1.82) is 0 Å². The highest BCUT2D eigenvalue weighted by Gasteiger charge is 2.19. The van der Waals surface area contributed by atoms with Crippen LogP contribution in [0.5, 0.6) is 0 Å². The molecule has 0 aliphatic heterocycles. The second-order valence-electron chi connectivity index (χ2n) is 8.15. The number of carbonyl (C=O) groups is 1. The third-order valence-electron chi connectivity index (χ3n) is 5.61. The number of pyridine rings is 1. The van der Waals surface area contributed by atoms with Gasteiger partial charge < -0.3 is 15.2 Å². The van der Waals surface area contributed by atoms with Gasteiger partial charge in [-0.2, -0.15) is 0 Å². The molecule has 0 fully saturated rings. The molecule has 2 aromatic heterocycles. The van der Waals surface area contributed by atoms with Crippen molar-refractivity contribution >= 4 is 45.9 Å². The van der Waals surface area contributed by atoms with Gasteiger partial charge in [0, 0.05) is 28.8 Å². The Morgan fingerprint density at radius 3 is 2.57 bits per heavy atom. The lowest BCUT2D eigenvalue weighted by molar-refractivity contribution is -0.385. The third-order valence-corrected chi connectivity index (χ3v) is 5.86. The first-order chi connectivity index (χ1) is 16.9. The second kappa shape index (κ2) is 10.5. The van der Waals surface area contributed by atoms with Gasteiger partial charge >= 0.3 is 6.03 Å². The number of unbranched alkanes of at least 4 members (excludes halogenated alkanes) is 1. The predicted molar refractivity (Wildman–Crippen MR) is 137 cm³/mol. The first-order valence-corrected chi connectivity index (χ1v) is 11.7. The Kier molecular flexibility index (Phi) is 7.26. The van der Waals surface area contributed by atoms with Crippen molar-refractivity contribution < 1.29 is 9.72 Å². The summed E-state index contributed by atoms with van der Waals surface area (Å²) in [4.78, 5) is 33.2. The van der Waals surface area contributed by atoms with Gasteiger partial charge in [-0.25, -0.2) is 14.8 Å². The molecule has 180 valence electrons. The van der Waals surface area contributed by atoms with Crippen molar-refractivity contribution in [1.82, 2.24) is 14.5 Å². The number of nitro groups is 1. The van der Waals surface area contributed by atoms with Crippen molar-refractivity contribution in [2.75, 3.05) is 10.6 Å². The van der Waals surface area contributed by atoms with Crippen LogP contribution in [0.3, 0.4) is 0 Å². The fourth-order valence-electron chi connectivity index (χ4n) is 3.81. The number of urea groups is 1. The van der Waals surface area contributed by atoms with E-state index in [1.807, 2.05) is 4.57 Å². The van der Waals surface area contributed by atoms with Gasteiger partial charge in [-0.3, -0.25) is 10.1 Å². The van der Waals surface area contributed by atoms with Crippen molar-refractivity contribution in [3.63, 3.8) is 0 Å². The van der Waals surface area contributed by atoms with Crippen LogP contribution in [0.4, 0.5) is 21.9 Å². The van der Waals surface area contributed by atoms with E-state index in [4.69, 9.17) is 21.6 Å². The lowest BCUT2D eigenvalue weighted by Gasteiger charge is -2.11. The molecule has 0 radical (unpaired) electrons. The number of benzene rings is 2. The number of carbonyl (C=O) groups excluding carboxylic acids is 1. The molecular weight excluding hydrogens is 468 g/mol. The van der Waals surface area contributed by atoms with Crippen LogP contribution in [0.1, 0.15) is 36.8 Å². The number of anilines is 2. The van der Waals surface area contributed by atoms with E-state index in [9.17, 15) is 14.9 Å². The van der Waals surface area contributed by atoms with E-state index in [0.717, 1.165) is 18.7 Å². The largest absolute Gasteiger partial charge is 0.323 e. The SMILES string of the molecule is CCCCc1nc2cc(NC(=O)Nc3ccc(Cl)cc3)c(C)nc2n1Cc1ccccc1[N+](=O)[O-]. The summed E-state index contributed by atoms with van der Waals surface area (Å²) in [5, 5.41) is 17.7. The monoisotopic (exact) mass is 492 g/mol. The Balaban J connectivity index is 1.66. The first kappa shape index (κ1) is 24.2. The van der Waals surface area contributed by atoms with Crippen LogP contribution in [-0.4, -0.2) is 25.5 Å². The van der Waals surface area contributed by atoms with Gasteiger partial charge in [0.25, 0.3) is 5.69 Å². The van der Waals surface area contributed by atoms with E-state index in [0.29, 0.717) is 45.2 Å². The number of hydrogen-bond donors (Lipinski definition) is 2. The maximum Gasteiger partial charge on any atom is 0.323 e. The molecule has 0 spiro atoms. The highest BCUT2D eigenvalue weighted by molar-refractivity contribution is 6.30. The van der Waals surface area contributed by atoms with Crippen molar-refractivity contribution in [3.8, 4) is 0 Å². The van der Waals surface area contributed by atoms with E-state index in [-0.39, 0.29) is 17.2 Å². The van der Waals surface area contributed by atoms with Crippen molar-refractivity contribution in [2.24, 2.45) is 0 Å². The average molecular weight is 493 g/mol. The fourth-order valence-corrected chi connectivity index (χ4v) is 3.94. The van der Waals surface area contributed by atoms with Gasteiger partial charge in [0.2, 0.25) is 0 Å². The third kappa shape index (κ3) is 5.58. The topological polar surface area (TPSA) is 115 Å². The quantitative estimate of drug-likeness (QED) is 0.220. The minimum Gasteiger partial charge on any atom is -0.308 e. The summed E-state index contributed by atoms with van der Waals surface area (Å²) >= 11 is 5.90. The summed E-state index contributed by atoms with van der Waals surface area (Å²) in [5.41, 5.74) is 3.62. The van der Waals surface area contributed by atoms with Crippen LogP contribution in [-0.2, 0) is 13.0 Å². The van der Waals surface area contributed by atoms with E-state index in [2.05, 4.69) is 17.6 Å². The Labute approximate surface area is 207 Å². The smallest absolute Gasteiger partial charge is 0.308 e. The lowest BCUT2D eigenvalue weighted by atomic mass is 10.1. The molecule has 4 aromatic rings. The molecule has 0 aliphatic carbocycles. The van der Waals surface area contributed by atoms with Gasteiger partial charge in [0.15, 0.2) is 5.65 Å². The van der Waals surface area contributed by atoms with Crippen LogP contribution in [0, 0.1) is 17.0 Å². The van der Waals surface area contributed by atoms with Gasteiger partial charge in [0.1, 0.15) is 11.3 Å². The van der Waals surface area contributed by atoms with Crippen molar-refractivity contribution in [2.45, 2.75) is 39.7 Å². The standard InChI is InChI=1S/C25H25ClN6O3/c1-3-4-9-23-29-21-14-20(30-25(33)28-19-12-10-18(26)11-13-19)16(2)27-24(21)31(23)15-17-7-5-6-8-22(17)32(34)35/h5-8,10-14H,3-4,9,15H2,1-2H3,(H2,28,30,33). The van der Waals surface area contributed by atoms with E-state index < -0.39 is 6.03 Å². The summed E-state index contributed by atoms with van der Waals surface area (Å²) in [5.74, 6) is 0.801. The number of aryl methyl sites for hydroxylation is 2. The molecule has 0 bridgehead atoms. The second-order valence-corrected chi connectivity index (χ2v) is 8.59. The Morgan fingerprint density at radius 2 is 1.86 bits per heavy atom. The zero-order valence-corrected chi connectivity index (χ0v) is 20.2. The molecule has 9 nitrogen and oxygen atoms in total. The summed E-state index contributed by atoms with van der Waals surface area (Å²) in [6.45, 7) is 4.17. The number of rotatable bonds is 8. The van der Waals surface area contributed by atoms with Crippen LogP contribution in [0.2, 0.25) is 5.02 Å². The minimum absolute atomic E-state index is 0.0599. The van der Waals surface area contributed by atoms with Gasteiger partial charge in [-0.05, 0) is 43.7 Å². The normalized spacial score (nSPS) is 10.9. The number of nitrogens with zero attached hydrogens (tertiary/aromatic N) is 4. The molecule has 35 heavy (non-hydrogen) atoms. The molecule has 2 heterocycles. The van der Waals surface area contributed by atoms with E-state index in [1.54, 1.807) is 55.5 Å². The summed E-state index contributed by atoms with van der Waals surface area (Å²) in [7, 11) is 0. The molecule has 0 saturated carbocycles.